The molecule has 0 heterocycles. The van der Waals surface area contributed by atoms with Crippen LogP contribution in [0.15, 0.2) is 24.3 Å². The standard InChI is InChI=1S/C21H29F3N2O2/c22-21(23,24)16-8-12-19(13-9-16)28-14-15-6-10-18(11-7-15)26(20(25)27)17-4-2-1-3-5-17/h8-9,12-13,15,17-18H,1-7,10-11,14H2,(H2,25,27)/t15-,18-. The first-order chi connectivity index (χ1) is 13.3. The summed E-state index contributed by atoms with van der Waals surface area (Å²) < 4.78 is 43.5. The Bertz CT molecular complexity index is 634. The van der Waals surface area contributed by atoms with E-state index in [2.05, 4.69) is 0 Å². The zero-order chi connectivity index (χ0) is 20.1. The Morgan fingerprint density at radius 2 is 1.54 bits per heavy atom. The van der Waals surface area contributed by atoms with Gasteiger partial charge in [-0.05, 0) is 68.7 Å². The molecule has 4 nitrogen and oxygen atoms in total. The highest BCUT2D eigenvalue weighted by Gasteiger charge is 2.33. The molecule has 2 N–H and O–H groups in total. The van der Waals surface area contributed by atoms with Crippen LogP contribution in [0.4, 0.5) is 18.0 Å². The number of urea groups is 1. The molecule has 2 saturated carbocycles. The molecule has 0 atom stereocenters. The fourth-order valence-corrected chi connectivity index (χ4v) is 4.56. The van der Waals surface area contributed by atoms with E-state index in [-0.39, 0.29) is 18.1 Å². The number of nitrogens with zero attached hydrogens (tertiary/aromatic N) is 1. The molecule has 2 aliphatic rings. The van der Waals surface area contributed by atoms with E-state index in [0.717, 1.165) is 63.5 Å². The minimum absolute atomic E-state index is 0.197. The molecule has 0 saturated heterocycles. The highest BCUT2D eigenvalue weighted by atomic mass is 19.4. The smallest absolute Gasteiger partial charge is 0.416 e. The second-order valence-corrected chi connectivity index (χ2v) is 8.05. The molecule has 0 bridgehead atoms. The van der Waals surface area contributed by atoms with E-state index in [0.29, 0.717) is 18.3 Å². The maximum Gasteiger partial charge on any atom is 0.416 e. The molecule has 0 aromatic heterocycles. The van der Waals surface area contributed by atoms with Crippen molar-refractivity contribution >= 4 is 6.03 Å². The van der Waals surface area contributed by atoms with Gasteiger partial charge in [0.15, 0.2) is 0 Å². The number of carbonyl (C=O) groups excluding carboxylic acids is 1. The number of alkyl halides is 3. The molecule has 0 spiro atoms. The predicted octanol–water partition coefficient (Wildman–Crippen LogP) is 5.36. The summed E-state index contributed by atoms with van der Waals surface area (Å²) in [5.74, 6) is 0.802. The Kier molecular flexibility index (Phi) is 6.73. The molecular formula is C21H29F3N2O2. The molecule has 0 radical (unpaired) electrons. The molecule has 156 valence electrons. The number of hydrogen-bond donors (Lipinski definition) is 1. The Morgan fingerprint density at radius 1 is 0.964 bits per heavy atom. The highest BCUT2D eigenvalue weighted by Crippen LogP contribution is 2.33. The van der Waals surface area contributed by atoms with Crippen LogP contribution in [-0.2, 0) is 6.18 Å². The van der Waals surface area contributed by atoms with E-state index in [1.54, 1.807) is 0 Å². The summed E-state index contributed by atoms with van der Waals surface area (Å²) in [7, 11) is 0. The van der Waals surface area contributed by atoms with Gasteiger partial charge < -0.3 is 15.4 Å². The van der Waals surface area contributed by atoms with Gasteiger partial charge in [-0.25, -0.2) is 4.79 Å². The van der Waals surface area contributed by atoms with Crippen LogP contribution in [0.2, 0.25) is 0 Å². The summed E-state index contributed by atoms with van der Waals surface area (Å²) in [4.78, 5) is 14.0. The van der Waals surface area contributed by atoms with Crippen LogP contribution in [0, 0.1) is 5.92 Å². The van der Waals surface area contributed by atoms with E-state index >= 15 is 0 Å². The number of rotatable bonds is 5. The van der Waals surface area contributed by atoms with E-state index < -0.39 is 11.7 Å². The van der Waals surface area contributed by atoms with Gasteiger partial charge in [-0.1, -0.05) is 19.3 Å². The third kappa shape index (κ3) is 5.32. The Morgan fingerprint density at radius 3 is 2.07 bits per heavy atom. The van der Waals surface area contributed by atoms with Crippen molar-refractivity contribution < 1.29 is 22.7 Å². The fraction of sp³-hybridized carbons (Fsp3) is 0.667. The maximum absolute atomic E-state index is 12.6. The summed E-state index contributed by atoms with van der Waals surface area (Å²) in [6.07, 6.45) is 4.97. The lowest BCUT2D eigenvalue weighted by Gasteiger charge is -2.42. The average Bonchev–Trinajstić information content (AvgIpc) is 2.68. The van der Waals surface area contributed by atoms with Gasteiger partial charge in [-0.3, -0.25) is 0 Å². The lowest BCUT2D eigenvalue weighted by molar-refractivity contribution is -0.137. The second-order valence-electron chi connectivity index (χ2n) is 8.05. The zero-order valence-electron chi connectivity index (χ0n) is 16.1. The predicted molar refractivity (Wildman–Crippen MR) is 101 cm³/mol. The van der Waals surface area contributed by atoms with Crippen LogP contribution in [0.25, 0.3) is 0 Å². The second kappa shape index (κ2) is 9.05. The molecule has 28 heavy (non-hydrogen) atoms. The Hall–Kier alpha value is -1.92. The lowest BCUT2D eigenvalue weighted by atomic mass is 9.84. The van der Waals surface area contributed by atoms with Gasteiger partial charge in [0.1, 0.15) is 5.75 Å². The number of halogens is 3. The SMILES string of the molecule is NC(=O)N(C1CCCCC1)[C@H]1CC[C@H](COc2ccc(C(F)(F)F)cc2)CC1. The van der Waals surface area contributed by atoms with Gasteiger partial charge in [0.2, 0.25) is 0 Å². The monoisotopic (exact) mass is 398 g/mol. The highest BCUT2D eigenvalue weighted by molar-refractivity contribution is 5.72. The summed E-state index contributed by atoms with van der Waals surface area (Å²) in [6.45, 7) is 0.484. The minimum Gasteiger partial charge on any atom is -0.493 e. The quantitative estimate of drug-likeness (QED) is 0.726. The molecule has 3 rings (SSSR count). The van der Waals surface area contributed by atoms with Crippen molar-refractivity contribution in [2.75, 3.05) is 6.61 Å². The van der Waals surface area contributed by atoms with Crippen molar-refractivity contribution in [2.24, 2.45) is 11.7 Å². The lowest BCUT2D eigenvalue weighted by Crippen LogP contribution is -2.51. The fourth-order valence-electron chi connectivity index (χ4n) is 4.56. The number of hydrogen-bond acceptors (Lipinski definition) is 2. The van der Waals surface area contributed by atoms with Crippen LogP contribution in [0.1, 0.15) is 63.4 Å². The third-order valence-corrected chi connectivity index (χ3v) is 6.10. The average molecular weight is 398 g/mol. The van der Waals surface area contributed by atoms with Gasteiger partial charge in [0.05, 0.1) is 12.2 Å². The van der Waals surface area contributed by atoms with Crippen LogP contribution in [-0.4, -0.2) is 29.6 Å². The number of primary amides is 1. The van der Waals surface area contributed by atoms with Gasteiger partial charge in [0.25, 0.3) is 0 Å². The summed E-state index contributed by atoms with van der Waals surface area (Å²) in [5, 5.41) is 0. The molecule has 2 amide bonds. The number of amides is 2. The first kappa shape index (κ1) is 20.8. The number of ether oxygens (including phenoxy) is 1. The van der Waals surface area contributed by atoms with Gasteiger partial charge >= 0.3 is 12.2 Å². The van der Waals surface area contributed by atoms with Crippen molar-refractivity contribution in [1.29, 1.82) is 0 Å². The van der Waals surface area contributed by atoms with E-state index in [9.17, 15) is 18.0 Å². The molecule has 0 aliphatic heterocycles. The Labute approximate surface area is 164 Å². The van der Waals surface area contributed by atoms with E-state index in [1.165, 1.54) is 18.6 Å². The van der Waals surface area contributed by atoms with Crippen LogP contribution in [0.3, 0.4) is 0 Å². The van der Waals surface area contributed by atoms with Crippen molar-refractivity contribution in [3.63, 3.8) is 0 Å². The van der Waals surface area contributed by atoms with Crippen molar-refractivity contribution in [1.82, 2.24) is 4.90 Å². The van der Waals surface area contributed by atoms with Crippen molar-refractivity contribution in [3.8, 4) is 5.75 Å². The van der Waals surface area contributed by atoms with E-state index in [1.807, 2.05) is 4.90 Å². The van der Waals surface area contributed by atoms with Crippen LogP contribution < -0.4 is 10.5 Å². The molecular weight excluding hydrogens is 369 g/mol. The number of benzene rings is 1. The summed E-state index contributed by atoms with van der Waals surface area (Å²) >= 11 is 0. The number of nitrogens with two attached hydrogens (primary N) is 1. The first-order valence-electron chi connectivity index (χ1n) is 10.2. The summed E-state index contributed by atoms with van der Waals surface area (Å²) in [5.41, 5.74) is 5.02. The molecule has 2 aliphatic carbocycles. The van der Waals surface area contributed by atoms with Crippen LogP contribution in [0.5, 0.6) is 5.75 Å². The first-order valence-corrected chi connectivity index (χ1v) is 10.2. The molecule has 1 aromatic carbocycles. The van der Waals surface area contributed by atoms with Gasteiger partial charge in [-0.2, -0.15) is 13.2 Å². The van der Waals surface area contributed by atoms with Gasteiger partial charge in [0, 0.05) is 12.1 Å². The zero-order valence-corrected chi connectivity index (χ0v) is 16.1. The minimum atomic E-state index is -4.33. The molecule has 7 heteroatoms. The normalized spacial score (nSPS) is 24.0. The molecule has 2 fully saturated rings. The largest absolute Gasteiger partial charge is 0.493 e. The van der Waals surface area contributed by atoms with Crippen molar-refractivity contribution in [3.05, 3.63) is 29.8 Å². The van der Waals surface area contributed by atoms with Gasteiger partial charge in [-0.15, -0.1) is 0 Å². The summed E-state index contributed by atoms with van der Waals surface area (Å²) in [6, 6.07) is 4.98. The number of carbonyl (C=O) groups is 1. The third-order valence-electron chi connectivity index (χ3n) is 6.10. The topological polar surface area (TPSA) is 55.6 Å². The molecule has 0 unspecified atom stereocenters. The molecule has 1 aromatic rings. The Balaban J connectivity index is 1.47. The van der Waals surface area contributed by atoms with E-state index in [4.69, 9.17) is 10.5 Å². The van der Waals surface area contributed by atoms with Crippen LogP contribution >= 0.6 is 0 Å². The van der Waals surface area contributed by atoms with Crippen molar-refractivity contribution in [2.45, 2.75) is 76.0 Å². The maximum atomic E-state index is 12.6.